The van der Waals surface area contributed by atoms with Crippen LogP contribution < -0.4 is 20.3 Å². The maximum atomic E-state index is 13.6. The van der Waals surface area contributed by atoms with Crippen molar-refractivity contribution in [1.82, 2.24) is 35.5 Å². The highest BCUT2D eigenvalue weighted by molar-refractivity contribution is 5.89. The second-order valence-corrected chi connectivity index (χ2v) is 14.3. The standard InChI is InChI=1S/C37H50N8O4/c1-37(2,35(47)38-22-34(46)44-18-16-32(25-44)42(3)4)49-33-9-5-8-31(19-33)43-17-6-7-29(24-43)41-36(48)45(30-14-15-30)23-26-10-12-27(13-11-26)28-20-39-40-21-28/h5,8-13,19-21,29-30,32H,6-7,14-18,22-25H2,1-4H3,(H,38,47)(H,39,40)(H,41,48)/t29-,32+/m1/s1. The van der Waals surface area contributed by atoms with Gasteiger partial charge in [0.1, 0.15) is 5.75 Å². The third kappa shape index (κ3) is 8.72. The van der Waals surface area contributed by atoms with Crippen LogP contribution in [-0.2, 0) is 16.1 Å². The van der Waals surface area contributed by atoms with Crippen LogP contribution in [0.4, 0.5) is 10.5 Å². The summed E-state index contributed by atoms with van der Waals surface area (Å²) in [6, 6.07) is 16.7. The first-order chi connectivity index (χ1) is 23.6. The molecule has 6 rings (SSSR count). The second-order valence-electron chi connectivity index (χ2n) is 14.3. The molecule has 49 heavy (non-hydrogen) atoms. The Bertz CT molecular complexity index is 1590. The number of likely N-dealkylation sites (tertiary alicyclic amines) is 1. The van der Waals surface area contributed by atoms with Gasteiger partial charge in [0.25, 0.3) is 5.91 Å². The topological polar surface area (TPSA) is 126 Å². The van der Waals surface area contributed by atoms with Gasteiger partial charge in [-0.1, -0.05) is 30.3 Å². The summed E-state index contributed by atoms with van der Waals surface area (Å²) in [6.45, 7) is 6.87. The maximum Gasteiger partial charge on any atom is 0.318 e. The molecule has 2 aliphatic heterocycles. The van der Waals surface area contributed by atoms with Crippen molar-refractivity contribution in [2.75, 3.05) is 51.7 Å². The van der Waals surface area contributed by atoms with E-state index >= 15 is 0 Å². The number of nitrogens with zero attached hydrogens (tertiary/aromatic N) is 5. The lowest BCUT2D eigenvalue weighted by atomic mass is 10.0. The number of carbonyl (C=O) groups excluding carboxylic acids is 3. The minimum atomic E-state index is -1.18. The molecule has 0 bridgehead atoms. The summed E-state index contributed by atoms with van der Waals surface area (Å²) in [5.41, 5.74) is 3.02. The fourth-order valence-electron chi connectivity index (χ4n) is 6.70. The van der Waals surface area contributed by atoms with Gasteiger partial charge in [0, 0.05) is 74.4 Å². The Kier molecular flexibility index (Phi) is 10.4. The molecule has 1 aliphatic carbocycles. The Balaban J connectivity index is 1.01. The molecule has 0 unspecified atom stereocenters. The van der Waals surface area contributed by atoms with Gasteiger partial charge >= 0.3 is 6.03 Å². The fraction of sp³-hybridized carbons (Fsp3) is 0.514. The van der Waals surface area contributed by atoms with E-state index in [-0.39, 0.29) is 36.5 Å². The molecule has 12 nitrogen and oxygen atoms in total. The van der Waals surface area contributed by atoms with Gasteiger partial charge in [-0.25, -0.2) is 4.79 Å². The van der Waals surface area contributed by atoms with Gasteiger partial charge in [-0.3, -0.25) is 14.7 Å². The maximum absolute atomic E-state index is 13.6. The van der Waals surface area contributed by atoms with Gasteiger partial charge in [-0.05, 0) is 83.3 Å². The number of benzene rings is 2. The van der Waals surface area contributed by atoms with E-state index in [1.54, 1.807) is 20.0 Å². The van der Waals surface area contributed by atoms with E-state index in [1.165, 1.54) is 0 Å². The molecule has 1 saturated carbocycles. The zero-order valence-electron chi connectivity index (χ0n) is 29.2. The van der Waals surface area contributed by atoms with Crippen LogP contribution in [0.3, 0.4) is 0 Å². The molecule has 1 aromatic heterocycles. The summed E-state index contributed by atoms with van der Waals surface area (Å²) < 4.78 is 6.19. The molecule has 3 fully saturated rings. The predicted octanol–water partition coefficient (Wildman–Crippen LogP) is 3.86. The number of H-pyrrole nitrogens is 1. The fourth-order valence-corrected chi connectivity index (χ4v) is 6.70. The Morgan fingerprint density at radius 2 is 1.78 bits per heavy atom. The van der Waals surface area contributed by atoms with E-state index < -0.39 is 5.60 Å². The molecule has 2 atom stereocenters. The van der Waals surface area contributed by atoms with Gasteiger partial charge in [-0.15, -0.1) is 0 Å². The summed E-state index contributed by atoms with van der Waals surface area (Å²) in [4.78, 5) is 47.6. The van der Waals surface area contributed by atoms with Crippen molar-refractivity contribution >= 4 is 23.5 Å². The number of urea groups is 1. The van der Waals surface area contributed by atoms with Gasteiger partial charge in [-0.2, -0.15) is 5.10 Å². The summed E-state index contributed by atoms with van der Waals surface area (Å²) >= 11 is 0. The molecule has 3 aliphatic rings. The monoisotopic (exact) mass is 670 g/mol. The van der Waals surface area contributed by atoms with Crippen LogP contribution in [0, 0.1) is 0 Å². The second kappa shape index (κ2) is 14.9. The first-order valence-corrected chi connectivity index (χ1v) is 17.5. The van der Waals surface area contributed by atoms with Gasteiger partial charge in [0.15, 0.2) is 5.60 Å². The third-order valence-corrected chi connectivity index (χ3v) is 9.89. The highest BCUT2D eigenvalue weighted by Crippen LogP contribution is 2.30. The quantitative estimate of drug-likeness (QED) is 0.267. The van der Waals surface area contributed by atoms with Gasteiger partial charge in [0.05, 0.1) is 12.7 Å². The number of aromatic amines is 1. The molecule has 262 valence electrons. The highest BCUT2D eigenvalue weighted by Gasteiger charge is 2.35. The molecule has 2 saturated heterocycles. The van der Waals surface area contributed by atoms with Crippen LogP contribution in [0.2, 0.25) is 0 Å². The number of ether oxygens (including phenoxy) is 1. The predicted molar refractivity (Wildman–Crippen MR) is 189 cm³/mol. The summed E-state index contributed by atoms with van der Waals surface area (Å²) in [5, 5.41) is 13.0. The molecule has 12 heteroatoms. The van der Waals surface area contributed by atoms with Crippen LogP contribution in [-0.4, -0.2) is 113 Å². The number of amides is 4. The molecule has 4 amide bonds. The van der Waals surface area contributed by atoms with Crippen molar-refractivity contribution < 1.29 is 19.1 Å². The number of anilines is 1. The molecule has 3 N–H and O–H groups in total. The first-order valence-electron chi connectivity index (χ1n) is 17.5. The third-order valence-electron chi connectivity index (χ3n) is 9.89. The number of carbonyl (C=O) groups is 3. The van der Waals surface area contributed by atoms with Crippen LogP contribution in [0.25, 0.3) is 11.1 Å². The zero-order valence-corrected chi connectivity index (χ0v) is 29.2. The lowest BCUT2D eigenvalue weighted by molar-refractivity contribution is -0.138. The van der Waals surface area contributed by atoms with E-state index in [9.17, 15) is 14.4 Å². The Morgan fingerprint density at radius 3 is 2.47 bits per heavy atom. The van der Waals surface area contributed by atoms with Crippen molar-refractivity contribution in [2.24, 2.45) is 0 Å². The Labute approximate surface area is 289 Å². The van der Waals surface area contributed by atoms with E-state index in [0.717, 1.165) is 61.0 Å². The van der Waals surface area contributed by atoms with E-state index in [2.05, 4.69) is 54.9 Å². The average molecular weight is 671 g/mol. The van der Waals surface area contributed by atoms with Crippen molar-refractivity contribution in [2.45, 2.75) is 76.2 Å². The molecule has 3 heterocycles. The molecule has 0 spiro atoms. The molecular weight excluding hydrogens is 620 g/mol. The number of rotatable bonds is 12. The van der Waals surface area contributed by atoms with Crippen LogP contribution in [0.1, 0.15) is 51.5 Å². The van der Waals surface area contributed by atoms with Crippen LogP contribution in [0.15, 0.2) is 60.9 Å². The number of hydrogen-bond acceptors (Lipinski definition) is 7. The van der Waals surface area contributed by atoms with Crippen molar-refractivity contribution in [3.8, 4) is 16.9 Å². The first kappa shape index (κ1) is 34.3. The minimum absolute atomic E-state index is 0.0129. The van der Waals surface area contributed by atoms with Crippen LogP contribution in [0.5, 0.6) is 5.75 Å². The largest absolute Gasteiger partial charge is 0.478 e. The molecule has 2 aromatic carbocycles. The van der Waals surface area contributed by atoms with Crippen molar-refractivity contribution in [3.63, 3.8) is 0 Å². The number of hydrogen-bond donors (Lipinski definition) is 3. The van der Waals surface area contributed by atoms with E-state index in [0.29, 0.717) is 38.0 Å². The van der Waals surface area contributed by atoms with Crippen LogP contribution >= 0.6 is 0 Å². The van der Waals surface area contributed by atoms with E-state index in [1.807, 2.05) is 54.4 Å². The van der Waals surface area contributed by atoms with Gasteiger partial charge < -0.3 is 35.0 Å². The zero-order chi connectivity index (χ0) is 34.5. The molecular formula is C37H50N8O4. The molecule has 3 aromatic rings. The Hall–Kier alpha value is -4.58. The summed E-state index contributed by atoms with van der Waals surface area (Å²) in [6.07, 6.45) is 8.53. The number of nitrogens with one attached hydrogen (secondary N) is 3. The van der Waals surface area contributed by atoms with Crippen molar-refractivity contribution in [1.29, 1.82) is 0 Å². The summed E-state index contributed by atoms with van der Waals surface area (Å²) in [7, 11) is 4.04. The van der Waals surface area contributed by atoms with Crippen molar-refractivity contribution in [3.05, 3.63) is 66.5 Å². The lowest BCUT2D eigenvalue weighted by Crippen LogP contribution is -2.52. The SMILES string of the molecule is CN(C)[C@H]1CCN(C(=O)CNC(=O)C(C)(C)Oc2cccc(N3CCC[C@@H](NC(=O)N(Cc4ccc(-c5cn[nH]c5)cc4)C4CC4)C3)c2)C1. The number of piperidine rings is 1. The lowest BCUT2D eigenvalue weighted by Gasteiger charge is -2.36. The van der Waals surface area contributed by atoms with Gasteiger partial charge in [0.2, 0.25) is 5.91 Å². The number of likely N-dealkylation sites (N-methyl/N-ethyl adjacent to an activating group) is 1. The highest BCUT2D eigenvalue weighted by atomic mass is 16.5. The smallest absolute Gasteiger partial charge is 0.318 e. The number of aromatic nitrogens is 2. The normalized spacial score (nSPS) is 19.5. The molecule has 0 radical (unpaired) electrons. The van der Waals surface area contributed by atoms with E-state index in [4.69, 9.17) is 4.74 Å². The Morgan fingerprint density at radius 1 is 0.980 bits per heavy atom. The summed E-state index contributed by atoms with van der Waals surface area (Å²) in [5.74, 6) is 0.147. The minimum Gasteiger partial charge on any atom is -0.478 e. The average Bonchev–Trinajstić information content (AvgIpc) is 3.53.